The van der Waals surface area contributed by atoms with Crippen LogP contribution in [0.2, 0.25) is 0 Å². The average molecular weight is 245 g/mol. The van der Waals surface area contributed by atoms with Crippen molar-refractivity contribution in [2.24, 2.45) is 0 Å². The maximum Gasteiger partial charge on any atom is 0.307 e. The number of nitrogens with one attached hydrogen (secondary N) is 1. The molecular formula is C15H19NO2. The zero-order chi connectivity index (χ0) is 13.1. The molecule has 2 N–H and O–H groups in total. The molecule has 0 spiro atoms. The SMILES string of the molecule is CCCCc1ccc2[nH]c(C)c(CC(=O)O)c2c1. The number of hydrogen-bond donors (Lipinski definition) is 2. The molecule has 1 aromatic heterocycles. The van der Waals surface area contributed by atoms with Crippen LogP contribution >= 0.6 is 0 Å². The molecule has 0 radical (unpaired) electrons. The first kappa shape index (κ1) is 12.7. The number of rotatable bonds is 5. The molecule has 18 heavy (non-hydrogen) atoms. The number of H-pyrrole nitrogens is 1. The van der Waals surface area contributed by atoms with Gasteiger partial charge in [0.05, 0.1) is 6.42 Å². The third-order valence-electron chi connectivity index (χ3n) is 3.33. The van der Waals surface area contributed by atoms with Crippen molar-refractivity contribution in [2.75, 3.05) is 0 Å². The van der Waals surface area contributed by atoms with E-state index in [0.29, 0.717) is 0 Å². The summed E-state index contributed by atoms with van der Waals surface area (Å²) in [6.07, 6.45) is 3.49. The molecule has 0 unspecified atom stereocenters. The van der Waals surface area contributed by atoms with Crippen LogP contribution in [0.15, 0.2) is 18.2 Å². The van der Waals surface area contributed by atoms with Gasteiger partial charge in [0.1, 0.15) is 0 Å². The van der Waals surface area contributed by atoms with E-state index >= 15 is 0 Å². The Labute approximate surface area is 107 Å². The molecule has 0 atom stereocenters. The topological polar surface area (TPSA) is 53.1 Å². The molecule has 0 fully saturated rings. The molecule has 0 amide bonds. The van der Waals surface area contributed by atoms with Crippen LogP contribution in [0.5, 0.6) is 0 Å². The van der Waals surface area contributed by atoms with Gasteiger partial charge in [0.2, 0.25) is 0 Å². The Hall–Kier alpha value is -1.77. The Kier molecular flexibility index (Phi) is 3.70. The molecule has 2 aromatic rings. The second kappa shape index (κ2) is 5.25. The zero-order valence-electron chi connectivity index (χ0n) is 10.9. The first-order valence-electron chi connectivity index (χ1n) is 6.43. The summed E-state index contributed by atoms with van der Waals surface area (Å²) in [7, 11) is 0. The Morgan fingerprint density at radius 1 is 1.39 bits per heavy atom. The number of hydrogen-bond acceptors (Lipinski definition) is 1. The quantitative estimate of drug-likeness (QED) is 0.847. The van der Waals surface area contributed by atoms with E-state index < -0.39 is 5.97 Å². The van der Waals surface area contributed by atoms with Crippen LogP contribution < -0.4 is 0 Å². The normalized spacial score (nSPS) is 11.0. The second-order valence-corrected chi connectivity index (χ2v) is 4.78. The highest BCUT2D eigenvalue weighted by Gasteiger charge is 2.11. The van der Waals surface area contributed by atoms with Gasteiger partial charge < -0.3 is 10.1 Å². The Bertz CT molecular complexity index is 569. The summed E-state index contributed by atoms with van der Waals surface area (Å²) in [6.45, 7) is 4.11. The van der Waals surface area contributed by atoms with Crippen LogP contribution in [-0.4, -0.2) is 16.1 Å². The number of aliphatic carboxylic acids is 1. The van der Waals surface area contributed by atoms with Crippen LogP contribution in [0.4, 0.5) is 0 Å². The summed E-state index contributed by atoms with van der Waals surface area (Å²) >= 11 is 0. The zero-order valence-corrected chi connectivity index (χ0v) is 10.9. The van der Waals surface area contributed by atoms with Crippen molar-refractivity contribution in [3.8, 4) is 0 Å². The molecule has 0 aliphatic rings. The number of carboxylic acids is 1. The number of benzene rings is 1. The third kappa shape index (κ3) is 2.55. The first-order valence-corrected chi connectivity index (χ1v) is 6.43. The largest absolute Gasteiger partial charge is 0.481 e. The lowest BCUT2D eigenvalue weighted by atomic mass is 10.0. The number of carbonyl (C=O) groups is 1. The lowest BCUT2D eigenvalue weighted by Gasteiger charge is -2.02. The number of unbranched alkanes of at least 4 members (excludes halogenated alkanes) is 1. The van der Waals surface area contributed by atoms with Gasteiger partial charge in [-0.2, -0.15) is 0 Å². The minimum Gasteiger partial charge on any atom is -0.481 e. The summed E-state index contributed by atoms with van der Waals surface area (Å²) in [5, 5.41) is 10.0. The van der Waals surface area contributed by atoms with Gasteiger partial charge in [0, 0.05) is 16.6 Å². The number of aromatic nitrogens is 1. The van der Waals surface area contributed by atoms with E-state index in [2.05, 4.69) is 30.1 Å². The van der Waals surface area contributed by atoms with Crippen molar-refractivity contribution in [1.82, 2.24) is 4.98 Å². The molecule has 1 aromatic carbocycles. The molecule has 96 valence electrons. The van der Waals surface area contributed by atoms with Crippen LogP contribution in [0.25, 0.3) is 10.9 Å². The Balaban J connectivity index is 2.42. The summed E-state index contributed by atoms with van der Waals surface area (Å²) in [5.74, 6) is -0.780. The minimum atomic E-state index is -0.780. The monoisotopic (exact) mass is 245 g/mol. The molecule has 0 aliphatic carbocycles. The number of fused-ring (bicyclic) bond motifs is 1. The molecule has 0 saturated heterocycles. The first-order chi connectivity index (χ1) is 8.61. The van der Waals surface area contributed by atoms with Crippen LogP contribution in [-0.2, 0) is 17.6 Å². The van der Waals surface area contributed by atoms with Gasteiger partial charge >= 0.3 is 5.97 Å². The summed E-state index contributed by atoms with van der Waals surface area (Å²) < 4.78 is 0. The Morgan fingerprint density at radius 3 is 2.83 bits per heavy atom. The van der Waals surface area contributed by atoms with Crippen LogP contribution in [0.3, 0.4) is 0 Å². The number of carboxylic acid groups (broad SMARTS) is 1. The van der Waals surface area contributed by atoms with Gasteiger partial charge in [-0.05, 0) is 43.0 Å². The third-order valence-corrected chi connectivity index (χ3v) is 3.33. The number of aromatic amines is 1. The molecule has 3 nitrogen and oxygen atoms in total. The van der Waals surface area contributed by atoms with Crippen LogP contribution in [0, 0.1) is 6.92 Å². The van der Waals surface area contributed by atoms with Gasteiger partial charge in [-0.1, -0.05) is 19.4 Å². The van der Waals surface area contributed by atoms with Gasteiger partial charge in [0.15, 0.2) is 0 Å². The maximum absolute atomic E-state index is 10.9. The van der Waals surface area contributed by atoms with E-state index in [-0.39, 0.29) is 6.42 Å². The summed E-state index contributed by atoms with van der Waals surface area (Å²) in [5.41, 5.74) is 4.19. The van der Waals surface area contributed by atoms with E-state index in [4.69, 9.17) is 5.11 Å². The molecule has 3 heteroatoms. The summed E-state index contributed by atoms with van der Waals surface area (Å²) in [6, 6.07) is 6.31. The lowest BCUT2D eigenvalue weighted by molar-refractivity contribution is -0.136. The van der Waals surface area contributed by atoms with Gasteiger partial charge in [-0.3, -0.25) is 4.79 Å². The van der Waals surface area contributed by atoms with E-state index in [9.17, 15) is 4.79 Å². The van der Waals surface area contributed by atoms with Gasteiger partial charge in [0.25, 0.3) is 0 Å². The van der Waals surface area contributed by atoms with Crippen molar-refractivity contribution < 1.29 is 9.90 Å². The van der Waals surface area contributed by atoms with E-state index in [1.165, 1.54) is 18.4 Å². The lowest BCUT2D eigenvalue weighted by Crippen LogP contribution is -2.00. The van der Waals surface area contributed by atoms with E-state index in [1.54, 1.807) is 0 Å². The van der Waals surface area contributed by atoms with E-state index in [0.717, 1.165) is 28.6 Å². The molecule has 1 heterocycles. The number of aryl methyl sites for hydroxylation is 2. The van der Waals surface area contributed by atoms with Gasteiger partial charge in [-0.25, -0.2) is 0 Å². The predicted molar refractivity (Wildman–Crippen MR) is 73.0 cm³/mol. The van der Waals surface area contributed by atoms with Crippen molar-refractivity contribution in [3.05, 3.63) is 35.0 Å². The highest BCUT2D eigenvalue weighted by molar-refractivity contribution is 5.88. The summed E-state index contributed by atoms with van der Waals surface area (Å²) in [4.78, 5) is 14.2. The van der Waals surface area contributed by atoms with Crippen molar-refractivity contribution in [2.45, 2.75) is 39.5 Å². The fourth-order valence-corrected chi connectivity index (χ4v) is 2.34. The van der Waals surface area contributed by atoms with Crippen molar-refractivity contribution >= 4 is 16.9 Å². The predicted octanol–water partition coefficient (Wildman–Crippen LogP) is 3.45. The van der Waals surface area contributed by atoms with E-state index in [1.807, 2.05) is 6.92 Å². The molecule has 0 bridgehead atoms. The van der Waals surface area contributed by atoms with Crippen LogP contribution in [0.1, 0.15) is 36.6 Å². The Morgan fingerprint density at radius 2 is 2.17 bits per heavy atom. The standard InChI is InChI=1S/C15H19NO2/c1-3-4-5-11-6-7-14-13(8-11)12(9-15(17)18)10(2)16-14/h6-8,16H,3-5,9H2,1-2H3,(H,17,18). The fourth-order valence-electron chi connectivity index (χ4n) is 2.34. The second-order valence-electron chi connectivity index (χ2n) is 4.78. The molecule has 2 rings (SSSR count). The minimum absolute atomic E-state index is 0.0864. The average Bonchev–Trinajstić information content (AvgIpc) is 2.63. The molecule has 0 saturated carbocycles. The van der Waals surface area contributed by atoms with Crippen molar-refractivity contribution in [1.29, 1.82) is 0 Å². The molecule has 0 aliphatic heterocycles. The maximum atomic E-state index is 10.9. The fraction of sp³-hybridized carbons (Fsp3) is 0.400. The smallest absolute Gasteiger partial charge is 0.307 e. The van der Waals surface area contributed by atoms with Crippen molar-refractivity contribution in [3.63, 3.8) is 0 Å². The molecular weight excluding hydrogens is 226 g/mol. The highest BCUT2D eigenvalue weighted by atomic mass is 16.4. The highest BCUT2D eigenvalue weighted by Crippen LogP contribution is 2.24. The van der Waals surface area contributed by atoms with Gasteiger partial charge in [-0.15, -0.1) is 0 Å².